The van der Waals surface area contributed by atoms with Gasteiger partial charge in [-0.25, -0.2) is 18.2 Å². The summed E-state index contributed by atoms with van der Waals surface area (Å²) >= 11 is 0. The van der Waals surface area contributed by atoms with Crippen LogP contribution in [0.1, 0.15) is 5.56 Å². The standard InChI is InChI=1S/C23H22FN3O5S/c1-31-19-11-13-20(14-12-19)33(29,30)27(21-5-3-4-6-22(21)32-2)16-23(28)26-25-15-17-7-9-18(24)10-8-17/h3-15H,16H2,1-2H3,(H,26,28)/b25-15-. The molecule has 1 amide bonds. The summed E-state index contributed by atoms with van der Waals surface area (Å²) in [6.07, 6.45) is 1.32. The quantitative estimate of drug-likeness (QED) is 0.382. The van der Waals surface area contributed by atoms with Crippen molar-refractivity contribution in [2.45, 2.75) is 4.90 Å². The zero-order valence-electron chi connectivity index (χ0n) is 17.9. The number of benzene rings is 3. The van der Waals surface area contributed by atoms with Gasteiger partial charge < -0.3 is 9.47 Å². The maximum Gasteiger partial charge on any atom is 0.264 e. The molecule has 33 heavy (non-hydrogen) atoms. The highest BCUT2D eigenvalue weighted by molar-refractivity contribution is 7.92. The van der Waals surface area contributed by atoms with Crippen LogP contribution >= 0.6 is 0 Å². The highest BCUT2D eigenvalue weighted by Crippen LogP contribution is 2.32. The number of rotatable bonds is 9. The third kappa shape index (κ3) is 5.86. The fourth-order valence-corrected chi connectivity index (χ4v) is 4.34. The van der Waals surface area contributed by atoms with Crippen LogP contribution in [0.5, 0.6) is 11.5 Å². The fraction of sp³-hybridized carbons (Fsp3) is 0.130. The van der Waals surface area contributed by atoms with Crippen molar-refractivity contribution in [2.75, 3.05) is 25.1 Å². The average molecular weight is 472 g/mol. The van der Waals surface area contributed by atoms with Crippen molar-refractivity contribution in [3.05, 3.63) is 84.2 Å². The van der Waals surface area contributed by atoms with E-state index in [1.165, 1.54) is 75.0 Å². The van der Waals surface area contributed by atoms with Crippen molar-refractivity contribution in [1.82, 2.24) is 5.43 Å². The summed E-state index contributed by atoms with van der Waals surface area (Å²) in [6, 6.07) is 17.8. The number of anilines is 1. The second-order valence-corrected chi connectivity index (χ2v) is 8.57. The van der Waals surface area contributed by atoms with Crippen LogP contribution in [0.25, 0.3) is 0 Å². The van der Waals surface area contributed by atoms with Gasteiger partial charge in [0.15, 0.2) is 0 Å². The Hall–Kier alpha value is -3.92. The number of hydrazone groups is 1. The Kier molecular flexibility index (Phi) is 7.62. The number of amides is 1. The molecule has 0 aliphatic rings. The minimum atomic E-state index is -4.15. The van der Waals surface area contributed by atoms with Crippen molar-refractivity contribution in [1.29, 1.82) is 0 Å². The van der Waals surface area contributed by atoms with Crippen LogP contribution in [-0.2, 0) is 14.8 Å². The van der Waals surface area contributed by atoms with E-state index in [-0.39, 0.29) is 16.3 Å². The summed E-state index contributed by atoms with van der Waals surface area (Å²) in [5.41, 5.74) is 3.04. The van der Waals surface area contributed by atoms with Crippen molar-refractivity contribution in [2.24, 2.45) is 5.10 Å². The van der Waals surface area contributed by atoms with Crippen molar-refractivity contribution < 1.29 is 27.1 Å². The largest absolute Gasteiger partial charge is 0.497 e. The van der Waals surface area contributed by atoms with Gasteiger partial charge in [-0.2, -0.15) is 5.10 Å². The lowest BCUT2D eigenvalue weighted by atomic mass is 10.2. The predicted octanol–water partition coefficient (Wildman–Crippen LogP) is 3.19. The highest BCUT2D eigenvalue weighted by Gasteiger charge is 2.29. The van der Waals surface area contributed by atoms with Crippen LogP contribution < -0.4 is 19.2 Å². The number of halogens is 1. The Bertz CT molecular complexity index is 1230. The summed E-state index contributed by atoms with van der Waals surface area (Å²) < 4.78 is 51.2. The maximum absolute atomic E-state index is 13.4. The van der Waals surface area contributed by atoms with E-state index >= 15 is 0 Å². The molecule has 0 unspecified atom stereocenters. The monoisotopic (exact) mass is 471 g/mol. The Morgan fingerprint density at radius 3 is 2.30 bits per heavy atom. The first-order valence-corrected chi connectivity index (χ1v) is 11.2. The molecule has 0 bridgehead atoms. The summed E-state index contributed by atoms with van der Waals surface area (Å²) in [5.74, 6) is -0.313. The van der Waals surface area contributed by atoms with Gasteiger partial charge in [-0.1, -0.05) is 24.3 Å². The Morgan fingerprint density at radius 2 is 1.67 bits per heavy atom. The molecule has 0 aliphatic heterocycles. The number of hydrogen-bond acceptors (Lipinski definition) is 6. The summed E-state index contributed by atoms with van der Waals surface area (Å²) in [6.45, 7) is -0.560. The number of sulfonamides is 1. The molecule has 0 atom stereocenters. The summed E-state index contributed by atoms with van der Waals surface area (Å²) in [5, 5.41) is 3.82. The van der Waals surface area contributed by atoms with Crippen LogP contribution in [0.15, 0.2) is 82.8 Å². The molecular weight excluding hydrogens is 449 g/mol. The first-order chi connectivity index (χ1) is 15.8. The lowest BCUT2D eigenvalue weighted by Crippen LogP contribution is -2.39. The van der Waals surface area contributed by atoms with Crippen molar-refractivity contribution >= 4 is 27.8 Å². The van der Waals surface area contributed by atoms with Gasteiger partial charge in [0.25, 0.3) is 15.9 Å². The lowest BCUT2D eigenvalue weighted by Gasteiger charge is -2.25. The number of methoxy groups -OCH3 is 2. The molecule has 0 radical (unpaired) electrons. The molecule has 3 aromatic carbocycles. The first kappa shape index (κ1) is 23.7. The number of para-hydroxylation sites is 2. The molecule has 0 heterocycles. The van der Waals surface area contributed by atoms with Crippen LogP contribution in [0.3, 0.4) is 0 Å². The van der Waals surface area contributed by atoms with Crippen LogP contribution in [0.4, 0.5) is 10.1 Å². The first-order valence-electron chi connectivity index (χ1n) is 9.72. The average Bonchev–Trinajstić information content (AvgIpc) is 2.83. The zero-order chi connectivity index (χ0) is 23.8. The van der Waals surface area contributed by atoms with E-state index in [9.17, 15) is 17.6 Å². The molecule has 0 spiro atoms. The molecule has 0 saturated carbocycles. The second-order valence-electron chi connectivity index (χ2n) is 6.70. The number of nitrogens with zero attached hydrogens (tertiary/aromatic N) is 2. The zero-order valence-corrected chi connectivity index (χ0v) is 18.8. The normalized spacial score (nSPS) is 11.2. The molecular formula is C23H22FN3O5S. The number of hydrogen-bond donors (Lipinski definition) is 1. The Labute approximate surface area is 191 Å². The van der Waals surface area contributed by atoms with Gasteiger partial charge in [0.1, 0.15) is 23.9 Å². The van der Waals surface area contributed by atoms with Gasteiger partial charge in [-0.3, -0.25) is 9.10 Å². The molecule has 3 aromatic rings. The van der Waals surface area contributed by atoms with Crippen LogP contribution in [0.2, 0.25) is 0 Å². The minimum Gasteiger partial charge on any atom is -0.497 e. The summed E-state index contributed by atoms with van der Waals surface area (Å²) in [4.78, 5) is 12.6. The van der Waals surface area contributed by atoms with E-state index in [1.807, 2.05) is 0 Å². The third-order valence-corrected chi connectivity index (χ3v) is 6.34. The minimum absolute atomic E-state index is 0.0307. The van der Waals surface area contributed by atoms with E-state index in [0.717, 1.165) is 4.31 Å². The molecule has 1 N–H and O–H groups in total. The smallest absolute Gasteiger partial charge is 0.264 e. The second kappa shape index (κ2) is 10.6. The van der Waals surface area contributed by atoms with Gasteiger partial charge in [-0.15, -0.1) is 0 Å². The topological polar surface area (TPSA) is 97.3 Å². The SMILES string of the molecule is COc1ccc(S(=O)(=O)N(CC(=O)N/N=C\c2ccc(F)cc2)c2ccccc2OC)cc1. The Morgan fingerprint density at radius 1 is 1.00 bits per heavy atom. The van der Waals surface area contributed by atoms with Crippen LogP contribution in [-0.4, -0.2) is 41.3 Å². The third-order valence-electron chi connectivity index (χ3n) is 4.56. The van der Waals surface area contributed by atoms with Gasteiger partial charge in [-0.05, 0) is 54.1 Å². The molecule has 3 rings (SSSR count). The predicted molar refractivity (Wildman–Crippen MR) is 123 cm³/mol. The van der Waals surface area contributed by atoms with Crippen LogP contribution in [0, 0.1) is 5.82 Å². The Balaban J connectivity index is 1.88. The maximum atomic E-state index is 13.4. The van der Waals surface area contributed by atoms with E-state index in [0.29, 0.717) is 11.3 Å². The molecule has 8 nitrogen and oxygen atoms in total. The molecule has 0 aliphatic carbocycles. The molecule has 10 heteroatoms. The van der Waals surface area contributed by atoms with E-state index < -0.39 is 28.3 Å². The van der Waals surface area contributed by atoms with E-state index in [2.05, 4.69) is 10.5 Å². The highest BCUT2D eigenvalue weighted by atomic mass is 32.2. The number of nitrogens with one attached hydrogen (secondary N) is 1. The molecule has 0 aromatic heterocycles. The van der Waals surface area contributed by atoms with E-state index in [1.54, 1.807) is 18.2 Å². The van der Waals surface area contributed by atoms with Gasteiger partial charge in [0.2, 0.25) is 0 Å². The number of carbonyl (C=O) groups excluding carboxylic acids is 1. The van der Waals surface area contributed by atoms with Gasteiger partial charge in [0, 0.05) is 0 Å². The molecule has 172 valence electrons. The lowest BCUT2D eigenvalue weighted by molar-refractivity contribution is -0.119. The molecule has 0 saturated heterocycles. The van der Waals surface area contributed by atoms with Crippen molar-refractivity contribution in [3.8, 4) is 11.5 Å². The summed E-state index contributed by atoms with van der Waals surface area (Å²) in [7, 11) is -1.26. The van der Waals surface area contributed by atoms with Gasteiger partial charge in [0.05, 0.1) is 31.0 Å². The number of carbonyl (C=O) groups is 1. The van der Waals surface area contributed by atoms with Crippen molar-refractivity contribution in [3.63, 3.8) is 0 Å². The van der Waals surface area contributed by atoms with Gasteiger partial charge >= 0.3 is 0 Å². The molecule has 0 fully saturated rings. The van der Waals surface area contributed by atoms with E-state index in [4.69, 9.17) is 9.47 Å². The number of ether oxygens (including phenoxy) is 2. The fourth-order valence-electron chi connectivity index (χ4n) is 2.90.